The molecular formula is C23H21N5O4. The Hall–Kier alpha value is -4.24. The van der Waals surface area contributed by atoms with E-state index in [1.54, 1.807) is 37.5 Å². The van der Waals surface area contributed by atoms with Crippen LogP contribution < -0.4 is 20.1 Å². The van der Waals surface area contributed by atoms with E-state index in [4.69, 9.17) is 14.6 Å². The second kappa shape index (κ2) is 9.71. The Morgan fingerprint density at radius 2 is 1.91 bits per heavy atom. The summed E-state index contributed by atoms with van der Waals surface area (Å²) in [6.07, 6.45) is 3.21. The number of hydrogen-bond donors (Lipinski definition) is 3. The van der Waals surface area contributed by atoms with Gasteiger partial charge in [-0.15, -0.1) is 0 Å². The number of nitrogens with zero attached hydrogens (tertiary/aromatic N) is 3. The molecule has 2 aromatic carbocycles. The molecule has 0 aliphatic carbocycles. The monoisotopic (exact) mass is 431 g/mol. The van der Waals surface area contributed by atoms with Crippen LogP contribution in [-0.4, -0.2) is 46.2 Å². The summed E-state index contributed by atoms with van der Waals surface area (Å²) < 4.78 is 11.4. The van der Waals surface area contributed by atoms with Crippen LogP contribution in [0.2, 0.25) is 0 Å². The van der Waals surface area contributed by atoms with E-state index in [0.29, 0.717) is 28.9 Å². The van der Waals surface area contributed by atoms with Gasteiger partial charge in [0.15, 0.2) is 0 Å². The topological polar surface area (TPSA) is 118 Å². The number of fused-ring (bicyclic) bond motifs is 1. The molecule has 0 saturated carbocycles. The summed E-state index contributed by atoms with van der Waals surface area (Å²) in [6, 6.07) is 16.0. The number of carbonyl (C=O) groups excluding carboxylic acids is 1. The van der Waals surface area contributed by atoms with Gasteiger partial charge in [0.2, 0.25) is 5.95 Å². The Morgan fingerprint density at radius 1 is 1.06 bits per heavy atom. The van der Waals surface area contributed by atoms with Gasteiger partial charge in [0.25, 0.3) is 5.91 Å². The first-order valence-electron chi connectivity index (χ1n) is 9.89. The molecule has 4 rings (SSSR count). The fourth-order valence-corrected chi connectivity index (χ4v) is 2.97. The van der Waals surface area contributed by atoms with Crippen molar-refractivity contribution in [3.63, 3.8) is 0 Å². The van der Waals surface area contributed by atoms with Crippen LogP contribution in [0, 0.1) is 0 Å². The van der Waals surface area contributed by atoms with Crippen molar-refractivity contribution >= 4 is 28.4 Å². The molecule has 2 heterocycles. The third-order valence-corrected chi connectivity index (χ3v) is 4.46. The molecule has 0 spiro atoms. The molecule has 1 amide bonds. The van der Waals surface area contributed by atoms with Crippen molar-refractivity contribution in [1.29, 1.82) is 0 Å². The van der Waals surface area contributed by atoms with Gasteiger partial charge in [0.05, 0.1) is 17.8 Å². The van der Waals surface area contributed by atoms with Gasteiger partial charge in [-0.05, 0) is 36.4 Å². The lowest BCUT2D eigenvalue weighted by Gasteiger charge is -2.12. The number of hydrogen-bond acceptors (Lipinski definition) is 8. The van der Waals surface area contributed by atoms with E-state index in [0.717, 1.165) is 10.9 Å². The molecule has 3 N–H and O–H groups in total. The molecule has 0 saturated heterocycles. The number of amides is 1. The highest BCUT2D eigenvalue weighted by atomic mass is 16.5. The minimum Gasteiger partial charge on any atom is -0.489 e. The van der Waals surface area contributed by atoms with Crippen LogP contribution in [0.3, 0.4) is 0 Å². The van der Waals surface area contributed by atoms with E-state index in [9.17, 15) is 4.79 Å². The number of ether oxygens (including phenoxy) is 2. The van der Waals surface area contributed by atoms with Crippen LogP contribution in [0.5, 0.6) is 17.2 Å². The third-order valence-electron chi connectivity index (χ3n) is 4.46. The molecule has 0 fully saturated rings. The normalized spacial score (nSPS) is 10.6. The molecule has 162 valence electrons. The van der Waals surface area contributed by atoms with Crippen LogP contribution in [0.25, 0.3) is 10.9 Å². The van der Waals surface area contributed by atoms with Crippen molar-refractivity contribution in [2.75, 3.05) is 25.6 Å². The Morgan fingerprint density at radius 3 is 2.75 bits per heavy atom. The molecule has 4 aromatic rings. The summed E-state index contributed by atoms with van der Waals surface area (Å²) in [5, 5.41) is 15.5. The van der Waals surface area contributed by atoms with Crippen LogP contribution in [0.4, 0.5) is 11.6 Å². The smallest absolute Gasteiger partial charge is 0.269 e. The number of aliphatic hydroxyl groups excluding tert-OH is 1. The van der Waals surface area contributed by atoms with Crippen LogP contribution in [0.1, 0.15) is 10.5 Å². The summed E-state index contributed by atoms with van der Waals surface area (Å²) in [5.41, 5.74) is 1.70. The lowest BCUT2D eigenvalue weighted by molar-refractivity contribution is 0.0958. The summed E-state index contributed by atoms with van der Waals surface area (Å²) in [6.45, 7) is 0.125. The number of rotatable bonds is 8. The van der Waals surface area contributed by atoms with Gasteiger partial charge in [-0.3, -0.25) is 9.78 Å². The van der Waals surface area contributed by atoms with Gasteiger partial charge in [-0.2, -0.15) is 0 Å². The average molecular weight is 431 g/mol. The van der Waals surface area contributed by atoms with Crippen molar-refractivity contribution in [2.24, 2.45) is 0 Å². The lowest BCUT2D eigenvalue weighted by Crippen LogP contribution is -2.18. The van der Waals surface area contributed by atoms with Crippen LogP contribution in [0.15, 0.2) is 67.0 Å². The van der Waals surface area contributed by atoms with Crippen molar-refractivity contribution < 1.29 is 19.4 Å². The van der Waals surface area contributed by atoms with E-state index in [2.05, 4.69) is 25.6 Å². The van der Waals surface area contributed by atoms with E-state index < -0.39 is 0 Å². The van der Waals surface area contributed by atoms with Crippen molar-refractivity contribution in [3.05, 3.63) is 72.7 Å². The summed E-state index contributed by atoms with van der Waals surface area (Å²) >= 11 is 0. The number of pyridine rings is 1. The maximum absolute atomic E-state index is 11.8. The van der Waals surface area contributed by atoms with E-state index in [1.165, 1.54) is 6.20 Å². The molecule has 9 heteroatoms. The highest BCUT2D eigenvalue weighted by molar-refractivity contribution is 5.92. The molecule has 0 bridgehead atoms. The SMILES string of the molecule is CNC(=O)c1cc(Oc2ccc3nc(Nc4ccccc4OCCO)ncc3c2)ccn1. The number of carbonyl (C=O) groups is 1. The molecule has 0 aliphatic rings. The Labute approximate surface area is 184 Å². The van der Waals surface area contributed by atoms with E-state index >= 15 is 0 Å². The number of benzene rings is 2. The minimum atomic E-state index is -0.286. The fraction of sp³-hybridized carbons (Fsp3) is 0.130. The Balaban J connectivity index is 1.53. The third kappa shape index (κ3) is 4.90. The summed E-state index contributed by atoms with van der Waals surface area (Å²) in [4.78, 5) is 24.7. The quantitative estimate of drug-likeness (QED) is 0.389. The van der Waals surface area contributed by atoms with Gasteiger partial charge < -0.3 is 25.2 Å². The molecule has 0 aliphatic heterocycles. The zero-order valence-corrected chi connectivity index (χ0v) is 17.3. The first-order valence-corrected chi connectivity index (χ1v) is 9.89. The molecule has 9 nitrogen and oxygen atoms in total. The first kappa shape index (κ1) is 21.0. The predicted molar refractivity (Wildman–Crippen MR) is 120 cm³/mol. The molecule has 0 radical (unpaired) electrons. The Bertz CT molecular complexity index is 1250. The standard InChI is InChI=1S/C23H21N5O4/c1-24-22(30)20-13-17(8-9-25-20)32-16-6-7-18-15(12-16)14-26-23(27-18)28-19-4-2-3-5-21(19)31-11-10-29/h2-9,12-14,29H,10-11H2,1H3,(H,24,30)(H,26,27,28). The fourth-order valence-electron chi connectivity index (χ4n) is 2.97. The van der Waals surface area contributed by atoms with Crippen molar-refractivity contribution in [1.82, 2.24) is 20.3 Å². The number of aliphatic hydroxyl groups is 1. The highest BCUT2D eigenvalue weighted by Gasteiger charge is 2.09. The molecule has 2 aromatic heterocycles. The van der Waals surface area contributed by atoms with Crippen molar-refractivity contribution in [2.45, 2.75) is 0 Å². The van der Waals surface area contributed by atoms with Gasteiger partial charge in [0.1, 0.15) is 29.5 Å². The molecule has 0 unspecified atom stereocenters. The summed E-state index contributed by atoms with van der Waals surface area (Å²) in [7, 11) is 1.55. The zero-order valence-electron chi connectivity index (χ0n) is 17.3. The molecular weight excluding hydrogens is 410 g/mol. The number of anilines is 2. The van der Waals surface area contributed by atoms with Gasteiger partial charge in [0, 0.05) is 30.9 Å². The second-order valence-corrected chi connectivity index (χ2v) is 6.67. The second-order valence-electron chi connectivity index (χ2n) is 6.67. The highest BCUT2D eigenvalue weighted by Crippen LogP contribution is 2.28. The first-order chi connectivity index (χ1) is 15.7. The van der Waals surface area contributed by atoms with Gasteiger partial charge in [-0.1, -0.05) is 12.1 Å². The van der Waals surface area contributed by atoms with Crippen LogP contribution >= 0.6 is 0 Å². The number of para-hydroxylation sites is 2. The summed E-state index contributed by atoms with van der Waals surface area (Å²) in [5.74, 6) is 1.80. The lowest BCUT2D eigenvalue weighted by atomic mass is 10.2. The average Bonchev–Trinajstić information content (AvgIpc) is 2.83. The number of aromatic nitrogens is 3. The Kier molecular flexibility index (Phi) is 6.38. The maximum Gasteiger partial charge on any atom is 0.269 e. The maximum atomic E-state index is 11.8. The van der Waals surface area contributed by atoms with Gasteiger partial charge >= 0.3 is 0 Å². The predicted octanol–water partition coefficient (Wildman–Crippen LogP) is 3.29. The molecule has 32 heavy (non-hydrogen) atoms. The van der Waals surface area contributed by atoms with Gasteiger partial charge in [-0.25, -0.2) is 9.97 Å². The van der Waals surface area contributed by atoms with E-state index in [-0.39, 0.29) is 24.8 Å². The number of nitrogens with one attached hydrogen (secondary N) is 2. The minimum absolute atomic E-state index is 0.0716. The van der Waals surface area contributed by atoms with Crippen LogP contribution in [-0.2, 0) is 0 Å². The largest absolute Gasteiger partial charge is 0.489 e. The van der Waals surface area contributed by atoms with Crippen molar-refractivity contribution in [3.8, 4) is 17.2 Å². The van der Waals surface area contributed by atoms with E-state index in [1.807, 2.05) is 30.3 Å². The zero-order chi connectivity index (χ0) is 22.3. The molecule has 0 atom stereocenters.